The number of rotatable bonds is 7. The zero-order valence-electron chi connectivity index (χ0n) is 14.9. The third kappa shape index (κ3) is 4.65. The van der Waals surface area contributed by atoms with Crippen LogP contribution in [0.4, 0.5) is 8.78 Å². The summed E-state index contributed by atoms with van der Waals surface area (Å²) in [5.41, 5.74) is 2.75. The van der Waals surface area contributed by atoms with Gasteiger partial charge >= 0.3 is 5.97 Å². The molecule has 0 bridgehead atoms. The van der Waals surface area contributed by atoms with Gasteiger partial charge in [-0.15, -0.1) is 0 Å². The maximum Gasteiger partial charge on any atom is 0.305 e. The second-order valence-electron chi connectivity index (χ2n) is 6.16. The summed E-state index contributed by atoms with van der Waals surface area (Å²) in [6, 6.07) is 3.37. The number of aliphatic carboxylic acids is 1. The number of aromatic nitrogens is 2. The molecule has 1 heterocycles. The minimum absolute atomic E-state index is 0.00166. The number of carbonyl (C=O) groups excluding carboxylic acids is 1. The second-order valence-corrected chi connectivity index (χ2v) is 6.16. The standard InChI is InChI=1S/C18H21F2N3O3/c1-11-14(12(2)22(3)21-11)9-17(24)23(7-6-18(25)26)10-13-4-5-15(19)16(20)8-13/h4-5,8H,6-7,9-10H2,1-3H3,(H,25,26). The van der Waals surface area contributed by atoms with Gasteiger partial charge in [0.2, 0.25) is 5.91 Å². The molecule has 0 radical (unpaired) electrons. The molecule has 0 spiro atoms. The molecule has 1 N–H and O–H groups in total. The van der Waals surface area contributed by atoms with Crippen LogP contribution in [0.1, 0.15) is 28.9 Å². The number of hydrogen-bond acceptors (Lipinski definition) is 3. The van der Waals surface area contributed by atoms with Gasteiger partial charge in [-0.05, 0) is 31.5 Å². The molecular formula is C18H21F2N3O3. The Morgan fingerprint density at radius 3 is 2.46 bits per heavy atom. The fourth-order valence-corrected chi connectivity index (χ4v) is 2.72. The Morgan fingerprint density at radius 2 is 1.92 bits per heavy atom. The molecule has 1 aromatic carbocycles. The van der Waals surface area contributed by atoms with E-state index >= 15 is 0 Å². The highest BCUT2D eigenvalue weighted by atomic mass is 19.2. The molecule has 2 rings (SSSR count). The second kappa shape index (κ2) is 8.07. The largest absolute Gasteiger partial charge is 0.481 e. The van der Waals surface area contributed by atoms with Gasteiger partial charge in [0.25, 0.3) is 0 Å². The lowest BCUT2D eigenvalue weighted by molar-refractivity contribution is -0.138. The molecule has 0 unspecified atom stereocenters. The van der Waals surface area contributed by atoms with Gasteiger partial charge in [0.15, 0.2) is 11.6 Å². The first-order chi connectivity index (χ1) is 12.2. The van der Waals surface area contributed by atoms with Crippen molar-refractivity contribution in [3.63, 3.8) is 0 Å². The van der Waals surface area contributed by atoms with Gasteiger partial charge in [-0.2, -0.15) is 5.10 Å². The lowest BCUT2D eigenvalue weighted by Crippen LogP contribution is -2.34. The maximum atomic E-state index is 13.4. The molecule has 0 atom stereocenters. The number of nitrogens with zero attached hydrogens (tertiary/aromatic N) is 3. The molecule has 1 aromatic heterocycles. The van der Waals surface area contributed by atoms with Crippen LogP contribution >= 0.6 is 0 Å². The zero-order valence-corrected chi connectivity index (χ0v) is 14.9. The van der Waals surface area contributed by atoms with Crippen molar-refractivity contribution in [3.05, 3.63) is 52.3 Å². The van der Waals surface area contributed by atoms with Gasteiger partial charge in [0.1, 0.15) is 0 Å². The van der Waals surface area contributed by atoms with Crippen molar-refractivity contribution in [2.75, 3.05) is 6.54 Å². The topological polar surface area (TPSA) is 75.4 Å². The lowest BCUT2D eigenvalue weighted by atomic mass is 10.1. The van der Waals surface area contributed by atoms with Crippen molar-refractivity contribution >= 4 is 11.9 Å². The molecule has 0 saturated carbocycles. The van der Waals surface area contributed by atoms with Crippen LogP contribution in [0.5, 0.6) is 0 Å². The first-order valence-corrected chi connectivity index (χ1v) is 8.11. The molecule has 0 aliphatic carbocycles. The van der Waals surface area contributed by atoms with Crippen molar-refractivity contribution < 1.29 is 23.5 Å². The van der Waals surface area contributed by atoms with E-state index in [-0.39, 0.29) is 31.8 Å². The Hall–Kier alpha value is -2.77. The number of carbonyl (C=O) groups is 2. The van der Waals surface area contributed by atoms with Crippen LogP contribution in [-0.2, 0) is 29.6 Å². The summed E-state index contributed by atoms with van der Waals surface area (Å²) < 4.78 is 28.2. The van der Waals surface area contributed by atoms with Crippen molar-refractivity contribution in [2.45, 2.75) is 33.2 Å². The summed E-state index contributed by atoms with van der Waals surface area (Å²) in [7, 11) is 1.78. The molecule has 26 heavy (non-hydrogen) atoms. The molecule has 0 fully saturated rings. The molecule has 2 aromatic rings. The van der Waals surface area contributed by atoms with Crippen LogP contribution in [0, 0.1) is 25.5 Å². The molecule has 1 amide bonds. The van der Waals surface area contributed by atoms with Crippen molar-refractivity contribution in [3.8, 4) is 0 Å². The fraction of sp³-hybridized carbons (Fsp3) is 0.389. The highest BCUT2D eigenvalue weighted by molar-refractivity contribution is 5.80. The van der Waals surface area contributed by atoms with Gasteiger partial charge in [-0.1, -0.05) is 6.07 Å². The molecule has 6 nitrogen and oxygen atoms in total. The summed E-state index contributed by atoms with van der Waals surface area (Å²) in [4.78, 5) is 24.9. The normalized spacial score (nSPS) is 10.8. The first-order valence-electron chi connectivity index (χ1n) is 8.11. The van der Waals surface area contributed by atoms with Gasteiger partial charge in [0.05, 0.1) is 18.5 Å². The number of benzene rings is 1. The van der Waals surface area contributed by atoms with E-state index in [0.29, 0.717) is 5.56 Å². The molecule has 140 valence electrons. The quantitative estimate of drug-likeness (QED) is 0.817. The van der Waals surface area contributed by atoms with E-state index in [1.54, 1.807) is 18.7 Å². The minimum Gasteiger partial charge on any atom is -0.481 e. The third-order valence-electron chi connectivity index (χ3n) is 4.29. The van der Waals surface area contributed by atoms with E-state index < -0.39 is 17.6 Å². The summed E-state index contributed by atoms with van der Waals surface area (Å²) in [6.45, 7) is 3.62. The van der Waals surface area contributed by atoms with Crippen LogP contribution in [0.15, 0.2) is 18.2 Å². The Balaban J connectivity index is 2.20. The predicted octanol–water partition coefficient (Wildman–Crippen LogP) is 2.36. The van der Waals surface area contributed by atoms with Crippen molar-refractivity contribution in [1.82, 2.24) is 14.7 Å². The summed E-state index contributed by atoms with van der Waals surface area (Å²) >= 11 is 0. The van der Waals surface area contributed by atoms with Crippen LogP contribution in [0.2, 0.25) is 0 Å². The van der Waals surface area contributed by atoms with Crippen LogP contribution in [0.3, 0.4) is 0 Å². The summed E-state index contributed by atoms with van der Waals surface area (Å²) in [6.07, 6.45) is -0.171. The number of hydrogen-bond donors (Lipinski definition) is 1. The molecular weight excluding hydrogens is 344 g/mol. The Bertz CT molecular complexity index is 833. The summed E-state index contributed by atoms with van der Waals surface area (Å²) in [5, 5.41) is 13.2. The van der Waals surface area contributed by atoms with Gasteiger partial charge in [-0.3, -0.25) is 14.3 Å². The highest BCUT2D eigenvalue weighted by Crippen LogP contribution is 2.16. The Morgan fingerprint density at radius 1 is 1.23 bits per heavy atom. The first kappa shape index (κ1) is 19.6. The van der Waals surface area contributed by atoms with Crippen LogP contribution < -0.4 is 0 Å². The fourth-order valence-electron chi connectivity index (χ4n) is 2.72. The van der Waals surface area contributed by atoms with E-state index in [9.17, 15) is 18.4 Å². The van der Waals surface area contributed by atoms with Crippen molar-refractivity contribution in [2.24, 2.45) is 7.05 Å². The Labute approximate surface area is 150 Å². The average molecular weight is 365 g/mol. The monoisotopic (exact) mass is 365 g/mol. The summed E-state index contributed by atoms with van der Waals surface area (Å²) in [5.74, 6) is -3.32. The Kier molecular flexibility index (Phi) is 6.07. The van der Waals surface area contributed by atoms with Gasteiger partial charge in [-0.25, -0.2) is 8.78 Å². The lowest BCUT2D eigenvalue weighted by Gasteiger charge is -2.22. The number of aryl methyl sites for hydroxylation is 2. The van der Waals surface area contributed by atoms with Gasteiger partial charge in [0, 0.05) is 31.4 Å². The number of carboxylic acid groups (broad SMARTS) is 1. The van der Waals surface area contributed by atoms with Crippen LogP contribution in [0.25, 0.3) is 0 Å². The van der Waals surface area contributed by atoms with E-state index in [4.69, 9.17) is 5.11 Å². The van der Waals surface area contributed by atoms with Gasteiger partial charge < -0.3 is 10.0 Å². The SMILES string of the molecule is Cc1nn(C)c(C)c1CC(=O)N(CCC(=O)O)Cc1ccc(F)c(F)c1. The van der Waals surface area contributed by atoms with E-state index in [0.717, 1.165) is 29.1 Å². The molecule has 0 aliphatic rings. The molecule has 0 aliphatic heterocycles. The predicted molar refractivity (Wildman–Crippen MR) is 90.4 cm³/mol. The zero-order chi connectivity index (χ0) is 19.4. The number of halogens is 2. The maximum absolute atomic E-state index is 13.4. The highest BCUT2D eigenvalue weighted by Gasteiger charge is 2.20. The molecule has 8 heteroatoms. The smallest absolute Gasteiger partial charge is 0.305 e. The average Bonchev–Trinajstić information content (AvgIpc) is 2.80. The van der Waals surface area contributed by atoms with Crippen LogP contribution in [-0.4, -0.2) is 38.2 Å². The van der Waals surface area contributed by atoms with E-state index in [1.165, 1.54) is 11.0 Å². The van der Waals surface area contributed by atoms with E-state index in [1.807, 2.05) is 6.92 Å². The molecule has 0 saturated heterocycles. The van der Waals surface area contributed by atoms with Crippen molar-refractivity contribution in [1.29, 1.82) is 0 Å². The minimum atomic E-state index is -1.04. The number of amides is 1. The van der Waals surface area contributed by atoms with E-state index in [2.05, 4.69) is 5.10 Å². The number of carboxylic acids is 1. The third-order valence-corrected chi connectivity index (χ3v) is 4.29.